The van der Waals surface area contributed by atoms with Crippen molar-refractivity contribution in [2.24, 2.45) is 5.92 Å². The van der Waals surface area contributed by atoms with Crippen LogP contribution >= 0.6 is 0 Å². The number of aromatic hydroxyl groups is 1. The van der Waals surface area contributed by atoms with E-state index in [0.717, 1.165) is 38.2 Å². The minimum atomic E-state index is -0.591. The summed E-state index contributed by atoms with van der Waals surface area (Å²) in [7, 11) is 0. The molecule has 102 valence electrons. The normalized spacial score (nSPS) is 16.0. The molecule has 0 saturated heterocycles. The zero-order chi connectivity index (χ0) is 13.8. The molecule has 2 rings (SSSR count). The van der Waals surface area contributed by atoms with Gasteiger partial charge in [-0.25, -0.2) is 0 Å². The van der Waals surface area contributed by atoms with Gasteiger partial charge in [0.1, 0.15) is 5.75 Å². The van der Waals surface area contributed by atoms with E-state index in [9.17, 15) is 20.0 Å². The highest BCUT2D eigenvalue weighted by Crippen LogP contribution is 2.30. The van der Waals surface area contributed by atoms with Gasteiger partial charge in [0.2, 0.25) is 5.91 Å². The van der Waals surface area contributed by atoms with Crippen molar-refractivity contribution < 1.29 is 14.8 Å². The van der Waals surface area contributed by atoms with Gasteiger partial charge >= 0.3 is 0 Å². The summed E-state index contributed by atoms with van der Waals surface area (Å²) in [6.45, 7) is 0. The highest BCUT2D eigenvalue weighted by atomic mass is 16.6. The quantitative estimate of drug-likeness (QED) is 0.498. The van der Waals surface area contributed by atoms with Gasteiger partial charge in [-0.2, -0.15) is 0 Å². The van der Waals surface area contributed by atoms with Crippen LogP contribution in [0, 0.1) is 16.0 Å². The first kappa shape index (κ1) is 13.3. The van der Waals surface area contributed by atoms with E-state index >= 15 is 0 Å². The highest BCUT2D eigenvalue weighted by Gasteiger charge is 2.22. The van der Waals surface area contributed by atoms with Crippen molar-refractivity contribution in [2.75, 3.05) is 5.32 Å². The van der Waals surface area contributed by atoms with E-state index in [2.05, 4.69) is 5.32 Å². The van der Waals surface area contributed by atoms with Crippen LogP contribution in [0.3, 0.4) is 0 Å². The first-order valence-corrected chi connectivity index (χ1v) is 6.36. The van der Waals surface area contributed by atoms with Crippen LogP contribution in [0.2, 0.25) is 0 Å². The molecule has 6 heteroatoms. The molecule has 0 radical (unpaired) electrons. The Bertz CT molecular complexity index is 495. The fraction of sp³-hybridized carbons (Fsp3) is 0.462. The summed E-state index contributed by atoms with van der Waals surface area (Å²) >= 11 is 0. The van der Waals surface area contributed by atoms with Crippen molar-refractivity contribution in [3.63, 3.8) is 0 Å². The molecule has 0 atom stereocenters. The standard InChI is InChI=1S/C13H16N2O4/c16-12-8-10(15(18)19)6-7-11(12)14-13(17)9-4-2-1-3-5-9/h6-9,16H,1-5H2,(H,14,17). The van der Waals surface area contributed by atoms with Gasteiger partial charge < -0.3 is 10.4 Å². The van der Waals surface area contributed by atoms with E-state index in [1.807, 2.05) is 0 Å². The molecule has 0 bridgehead atoms. The predicted molar refractivity (Wildman–Crippen MR) is 70.0 cm³/mol. The lowest BCUT2D eigenvalue weighted by atomic mass is 9.88. The lowest BCUT2D eigenvalue weighted by molar-refractivity contribution is -0.384. The molecular weight excluding hydrogens is 248 g/mol. The van der Waals surface area contributed by atoms with Crippen molar-refractivity contribution in [1.82, 2.24) is 0 Å². The molecule has 1 saturated carbocycles. The van der Waals surface area contributed by atoms with Crippen LogP contribution in [0.1, 0.15) is 32.1 Å². The lowest BCUT2D eigenvalue weighted by Gasteiger charge is -2.20. The van der Waals surface area contributed by atoms with Gasteiger partial charge in [0, 0.05) is 12.0 Å². The molecule has 0 heterocycles. The number of nitrogens with zero attached hydrogens (tertiary/aromatic N) is 1. The molecule has 1 aromatic rings. The van der Waals surface area contributed by atoms with Crippen LogP contribution in [0.25, 0.3) is 0 Å². The Morgan fingerprint density at radius 3 is 2.58 bits per heavy atom. The summed E-state index contributed by atoms with van der Waals surface area (Å²) in [5, 5.41) is 22.8. The number of nitro benzene ring substituents is 1. The third kappa shape index (κ3) is 3.21. The second-order valence-electron chi connectivity index (χ2n) is 4.78. The summed E-state index contributed by atoms with van der Waals surface area (Å²) in [6, 6.07) is 3.65. The molecule has 0 aromatic heterocycles. The zero-order valence-corrected chi connectivity index (χ0v) is 10.5. The van der Waals surface area contributed by atoms with E-state index < -0.39 is 4.92 Å². The second kappa shape index (κ2) is 5.69. The van der Waals surface area contributed by atoms with Gasteiger partial charge in [-0.3, -0.25) is 14.9 Å². The molecule has 0 spiro atoms. The van der Waals surface area contributed by atoms with Crippen molar-refractivity contribution in [1.29, 1.82) is 0 Å². The Morgan fingerprint density at radius 1 is 1.32 bits per heavy atom. The SMILES string of the molecule is O=C(Nc1ccc([N+](=O)[O-])cc1O)C1CCCCC1. The minimum absolute atomic E-state index is 0.0247. The van der Waals surface area contributed by atoms with Crippen LogP contribution in [-0.2, 0) is 4.79 Å². The first-order valence-electron chi connectivity index (χ1n) is 6.36. The molecule has 0 aliphatic heterocycles. The van der Waals surface area contributed by atoms with Crippen LogP contribution in [-0.4, -0.2) is 15.9 Å². The number of hydrogen-bond acceptors (Lipinski definition) is 4. The predicted octanol–water partition coefficient (Wildman–Crippen LogP) is 2.82. The maximum absolute atomic E-state index is 12.0. The number of amides is 1. The summed E-state index contributed by atoms with van der Waals surface area (Å²) < 4.78 is 0. The number of hydrogen-bond donors (Lipinski definition) is 2. The monoisotopic (exact) mass is 264 g/mol. The number of phenols is 1. The number of non-ortho nitro benzene ring substituents is 1. The number of carbonyl (C=O) groups is 1. The van der Waals surface area contributed by atoms with Crippen molar-refractivity contribution >= 4 is 17.3 Å². The number of nitro groups is 1. The Morgan fingerprint density at radius 2 is 2.00 bits per heavy atom. The fourth-order valence-corrected chi connectivity index (χ4v) is 2.34. The Hall–Kier alpha value is -2.11. The molecule has 1 fully saturated rings. The van der Waals surface area contributed by atoms with Gasteiger partial charge in [-0.05, 0) is 18.9 Å². The molecule has 19 heavy (non-hydrogen) atoms. The van der Waals surface area contributed by atoms with Crippen LogP contribution in [0.4, 0.5) is 11.4 Å². The minimum Gasteiger partial charge on any atom is -0.506 e. The number of anilines is 1. The van der Waals surface area contributed by atoms with E-state index in [4.69, 9.17) is 0 Å². The van der Waals surface area contributed by atoms with E-state index in [1.165, 1.54) is 12.1 Å². The maximum atomic E-state index is 12.0. The average Bonchev–Trinajstić information content (AvgIpc) is 2.41. The van der Waals surface area contributed by atoms with Gasteiger partial charge in [-0.15, -0.1) is 0 Å². The van der Waals surface area contributed by atoms with E-state index in [-0.39, 0.29) is 28.9 Å². The summed E-state index contributed by atoms with van der Waals surface area (Å²) in [5.41, 5.74) is 0.0225. The summed E-state index contributed by atoms with van der Waals surface area (Å²) in [6.07, 6.45) is 4.97. The molecular formula is C13H16N2O4. The second-order valence-corrected chi connectivity index (χ2v) is 4.78. The summed E-state index contributed by atoms with van der Waals surface area (Å²) in [4.78, 5) is 21.9. The Balaban J connectivity index is 2.06. The number of carbonyl (C=O) groups excluding carboxylic acids is 1. The Labute approximate surface area is 110 Å². The molecule has 1 aliphatic carbocycles. The van der Waals surface area contributed by atoms with Gasteiger partial charge in [-0.1, -0.05) is 19.3 Å². The molecule has 1 aliphatic rings. The Kier molecular flexibility index (Phi) is 3.99. The number of rotatable bonds is 3. The molecule has 1 aromatic carbocycles. The first-order chi connectivity index (χ1) is 9.08. The van der Waals surface area contributed by atoms with Gasteiger partial charge in [0.15, 0.2) is 0 Å². The number of benzene rings is 1. The number of phenolic OH excluding ortho intramolecular Hbond substituents is 1. The molecule has 1 amide bonds. The van der Waals surface area contributed by atoms with Gasteiger partial charge in [0.25, 0.3) is 5.69 Å². The van der Waals surface area contributed by atoms with Crippen molar-refractivity contribution in [3.8, 4) is 5.75 Å². The summed E-state index contributed by atoms with van der Waals surface area (Å²) in [5.74, 6) is -0.425. The molecule has 6 nitrogen and oxygen atoms in total. The lowest BCUT2D eigenvalue weighted by Crippen LogP contribution is -2.24. The number of nitrogens with one attached hydrogen (secondary N) is 1. The van der Waals surface area contributed by atoms with Crippen molar-refractivity contribution in [2.45, 2.75) is 32.1 Å². The fourth-order valence-electron chi connectivity index (χ4n) is 2.34. The van der Waals surface area contributed by atoms with Gasteiger partial charge in [0.05, 0.1) is 16.7 Å². The zero-order valence-electron chi connectivity index (χ0n) is 10.5. The average molecular weight is 264 g/mol. The third-order valence-corrected chi connectivity index (χ3v) is 3.43. The van der Waals surface area contributed by atoms with Crippen LogP contribution in [0.5, 0.6) is 5.75 Å². The largest absolute Gasteiger partial charge is 0.506 e. The van der Waals surface area contributed by atoms with Crippen molar-refractivity contribution in [3.05, 3.63) is 28.3 Å². The van der Waals surface area contributed by atoms with E-state index in [0.29, 0.717) is 0 Å². The van der Waals surface area contributed by atoms with Crippen LogP contribution in [0.15, 0.2) is 18.2 Å². The molecule has 0 unspecified atom stereocenters. The van der Waals surface area contributed by atoms with Crippen LogP contribution < -0.4 is 5.32 Å². The maximum Gasteiger partial charge on any atom is 0.273 e. The third-order valence-electron chi connectivity index (χ3n) is 3.43. The molecule has 2 N–H and O–H groups in total. The topological polar surface area (TPSA) is 92.5 Å². The highest BCUT2D eigenvalue weighted by molar-refractivity contribution is 5.94. The van der Waals surface area contributed by atoms with E-state index in [1.54, 1.807) is 0 Å². The smallest absolute Gasteiger partial charge is 0.273 e.